The van der Waals surface area contributed by atoms with Gasteiger partial charge in [0.25, 0.3) is 0 Å². The van der Waals surface area contributed by atoms with E-state index in [0.717, 1.165) is 29.8 Å². The molecule has 1 N–H and O–H groups in total. The maximum Gasteiger partial charge on any atom is 0.138 e. The topological polar surface area (TPSA) is 21.3 Å². The molecule has 0 bridgehead atoms. The molecule has 17 heavy (non-hydrogen) atoms. The van der Waals surface area contributed by atoms with Gasteiger partial charge in [0.05, 0.1) is 11.1 Å². The van der Waals surface area contributed by atoms with Gasteiger partial charge in [0.1, 0.15) is 5.75 Å². The Labute approximate surface area is 112 Å². The summed E-state index contributed by atoms with van der Waals surface area (Å²) < 4.78 is 6.92. The van der Waals surface area contributed by atoms with Gasteiger partial charge in [-0.05, 0) is 47.4 Å². The van der Waals surface area contributed by atoms with Crippen LogP contribution in [0.1, 0.15) is 37.4 Å². The molecule has 2 atom stereocenters. The van der Waals surface area contributed by atoms with Crippen LogP contribution >= 0.6 is 15.9 Å². The Kier molecular flexibility index (Phi) is 4.10. The molecular weight excluding hydrogens is 278 g/mol. The van der Waals surface area contributed by atoms with Crippen molar-refractivity contribution in [1.29, 1.82) is 0 Å². The highest BCUT2D eigenvalue weighted by Crippen LogP contribution is 2.40. The molecule has 0 aromatic heterocycles. The molecule has 0 amide bonds. The van der Waals surface area contributed by atoms with E-state index in [1.165, 1.54) is 11.1 Å². The smallest absolute Gasteiger partial charge is 0.138 e. The molecule has 0 saturated carbocycles. The second-order valence-electron chi connectivity index (χ2n) is 4.89. The first kappa shape index (κ1) is 12.9. The fraction of sp³-hybridized carbons (Fsp3) is 0.571. The zero-order chi connectivity index (χ0) is 12.4. The van der Waals surface area contributed by atoms with Crippen molar-refractivity contribution >= 4 is 15.9 Å². The lowest BCUT2D eigenvalue weighted by atomic mass is 9.91. The highest BCUT2D eigenvalue weighted by Gasteiger charge is 2.28. The second-order valence-corrected chi connectivity index (χ2v) is 5.74. The molecule has 1 aromatic rings. The summed E-state index contributed by atoms with van der Waals surface area (Å²) in [6.07, 6.45) is 1.16. The zero-order valence-corrected chi connectivity index (χ0v) is 12.3. The molecule has 94 valence electrons. The highest BCUT2D eigenvalue weighted by atomic mass is 79.9. The fourth-order valence-corrected chi connectivity index (χ4v) is 3.07. The summed E-state index contributed by atoms with van der Waals surface area (Å²) in [5.41, 5.74) is 2.57. The summed E-state index contributed by atoms with van der Waals surface area (Å²) in [5, 5.41) is 3.63. The van der Waals surface area contributed by atoms with Crippen LogP contribution in [-0.2, 0) is 0 Å². The van der Waals surface area contributed by atoms with E-state index in [4.69, 9.17) is 4.74 Å². The minimum absolute atomic E-state index is 0.412. The van der Waals surface area contributed by atoms with Crippen molar-refractivity contribution < 1.29 is 4.74 Å². The number of benzene rings is 1. The van der Waals surface area contributed by atoms with Crippen LogP contribution in [0.3, 0.4) is 0 Å². The molecule has 2 unspecified atom stereocenters. The van der Waals surface area contributed by atoms with Crippen molar-refractivity contribution in [2.45, 2.75) is 33.2 Å². The first-order valence-corrected chi connectivity index (χ1v) is 7.09. The van der Waals surface area contributed by atoms with E-state index in [2.05, 4.69) is 54.2 Å². The normalized spacial score (nSPS) is 23.1. The number of hydrogen-bond donors (Lipinski definition) is 1. The number of nitrogens with one attached hydrogen (secondary N) is 1. The number of hydrogen-bond acceptors (Lipinski definition) is 2. The Morgan fingerprint density at radius 2 is 2.24 bits per heavy atom. The minimum atomic E-state index is 0.412. The van der Waals surface area contributed by atoms with E-state index in [9.17, 15) is 0 Å². The van der Waals surface area contributed by atoms with Gasteiger partial charge in [0.2, 0.25) is 0 Å². The third-order valence-electron chi connectivity index (χ3n) is 3.23. The van der Waals surface area contributed by atoms with Gasteiger partial charge in [-0.25, -0.2) is 0 Å². The summed E-state index contributed by atoms with van der Waals surface area (Å²) in [6.45, 7) is 8.41. The summed E-state index contributed by atoms with van der Waals surface area (Å²) >= 11 is 3.60. The Morgan fingerprint density at radius 1 is 1.47 bits per heavy atom. The average molecular weight is 298 g/mol. The van der Waals surface area contributed by atoms with Crippen molar-refractivity contribution in [3.63, 3.8) is 0 Å². The molecule has 0 fully saturated rings. The van der Waals surface area contributed by atoms with E-state index in [1.807, 2.05) is 0 Å². The summed E-state index contributed by atoms with van der Waals surface area (Å²) in [6, 6.07) is 4.77. The molecule has 1 heterocycles. The van der Waals surface area contributed by atoms with Gasteiger partial charge in [-0.3, -0.25) is 0 Å². The van der Waals surface area contributed by atoms with Gasteiger partial charge in [-0.15, -0.1) is 0 Å². The third kappa shape index (κ3) is 2.66. The quantitative estimate of drug-likeness (QED) is 0.916. The van der Waals surface area contributed by atoms with Crippen LogP contribution in [-0.4, -0.2) is 13.2 Å². The molecule has 1 aromatic carbocycles. The third-order valence-corrected chi connectivity index (χ3v) is 3.81. The van der Waals surface area contributed by atoms with Gasteiger partial charge in [-0.2, -0.15) is 0 Å². The number of ether oxygens (including phenoxy) is 1. The Balaban J connectivity index is 2.36. The van der Waals surface area contributed by atoms with Crippen LogP contribution in [0.15, 0.2) is 16.6 Å². The van der Waals surface area contributed by atoms with Crippen LogP contribution in [0, 0.1) is 12.8 Å². The van der Waals surface area contributed by atoms with E-state index >= 15 is 0 Å². The van der Waals surface area contributed by atoms with Gasteiger partial charge >= 0.3 is 0 Å². The lowest BCUT2D eigenvalue weighted by Gasteiger charge is -2.33. The lowest BCUT2D eigenvalue weighted by molar-refractivity contribution is 0.187. The van der Waals surface area contributed by atoms with Crippen LogP contribution in [0.4, 0.5) is 0 Å². The maximum absolute atomic E-state index is 5.84. The first-order chi connectivity index (χ1) is 8.13. The van der Waals surface area contributed by atoms with Gasteiger partial charge in [0.15, 0.2) is 0 Å². The summed E-state index contributed by atoms with van der Waals surface area (Å²) in [5.74, 6) is 1.53. The largest absolute Gasteiger partial charge is 0.492 e. The van der Waals surface area contributed by atoms with Crippen molar-refractivity contribution in [3.05, 3.63) is 27.7 Å². The molecule has 0 spiro atoms. The molecule has 3 heteroatoms. The monoisotopic (exact) mass is 297 g/mol. The predicted molar refractivity (Wildman–Crippen MR) is 74.6 cm³/mol. The summed E-state index contributed by atoms with van der Waals surface area (Å²) in [4.78, 5) is 0. The van der Waals surface area contributed by atoms with Crippen LogP contribution in [0.5, 0.6) is 5.75 Å². The molecule has 1 aliphatic heterocycles. The number of aryl methyl sites for hydroxylation is 1. The Bertz CT molecular complexity index is 405. The second kappa shape index (κ2) is 5.40. The van der Waals surface area contributed by atoms with Crippen LogP contribution in [0.2, 0.25) is 0 Å². The standard InChI is InChI=1S/C14H20BrNO/c1-4-5-16-13-10(3)8-17-14-11(13)6-9(2)7-12(14)15/h6-7,10,13,16H,4-5,8H2,1-3H3. The molecule has 0 radical (unpaired) electrons. The minimum Gasteiger partial charge on any atom is -0.492 e. The van der Waals surface area contributed by atoms with Gasteiger partial charge in [-0.1, -0.05) is 19.9 Å². The lowest BCUT2D eigenvalue weighted by Crippen LogP contribution is -2.34. The molecule has 2 rings (SSSR count). The number of fused-ring (bicyclic) bond motifs is 1. The molecular formula is C14H20BrNO. The maximum atomic E-state index is 5.84. The Morgan fingerprint density at radius 3 is 2.94 bits per heavy atom. The van der Waals surface area contributed by atoms with Gasteiger partial charge in [0, 0.05) is 17.5 Å². The van der Waals surface area contributed by atoms with Crippen LogP contribution in [0.25, 0.3) is 0 Å². The zero-order valence-electron chi connectivity index (χ0n) is 10.7. The number of rotatable bonds is 3. The molecule has 0 aliphatic carbocycles. The van der Waals surface area contributed by atoms with E-state index in [-0.39, 0.29) is 0 Å². The summed E-state index contributed by atoms with van der Waals surface area (Å²) in [7, 11) is 0. The van der Waals surface area contributed by atoms with Crippen molar-refractivity contribution in [2.24, 2.45) is 5.92 Å². The molecule has 0 saturated heterocycles. The average Bonchev–Trinajstić information content (AvgIpc) is 2.27. The Hall–Kier alpha value is -0.540. The highest BCUT2D eigenvalue weighted by molar-refractivity contribution is 9.10. The predicted octanol–water partition coefficient (Wildman–Crippen LogP) is 3.83. The number of halogens is 1. The van der Waals surface area contributed by atoms with Crippen molar-refractivity contribution in [1.82, 2.24) is 5.32 Å². The SMILES string of the molecule is CCCNC1c2cc(C)cc(Br)c2OCC1C. The van der Waals surface area contributed by atoms with Crippen molar-refractivity contribution in [3.8, 4) is 5.75 Å². The fourth-order valence-electron chi connectivity index (χ4n) is 2.37. The molecule has 2 nitrogen and oxygen atoms in total. The molecule has 1 aliphatic rings. The first-order valence-electron chi connectivity index (χ1n) is 6.29. The van der Waals surface area contributed by atoms with E-state index in [0.29, 0.717) is 12.0 Å². The van der Waals surface area contributed by atoms with Crippen molar-refractivity contribution in [2.75, 3.05) is 13.2 Å². The van der Waals surface area contributed by atoms with Gasteiger partial charge < -0.3 is 10.1 Å². The van der Waals surface area contributed by atoms with Crippen LogP contribution < -0.4 is 10.1 Å². The van der Waals surface area contributed by atoms with E-state index in [1.54, 1.807) is 0 Å². The van der Waals surface area contributed by atoms with E-state index < -0.39 is 0 Å².